The number of ether oxygens (including phenoxy) is 1. The van der Waals surface area contributed by atoms with Gasteiger partial charge < -0.3 is 9.84 Å². The van der Waals surface area contributed by atoms with Gasteiger partial charge in [0.1, 0.15) is 11.3 Å². The van der Waals surface area contributed by atoms with Crippen molar-refractivity contribution in [2.75, 3.05) is 0 Å². The summed E-state index contributed by atoms with van der Waals surface area (Å²) in [6, 6.07) is 7.52. The van der Waals surface area contributed by atoms with E-state index in [0.717, 1.165) is 36.6 Å². The molecule has 2 aromatic rings. The molecule has 1 aromatic carbocycles. The fourth-order valence-electron chi connectivity index (χ4n) is 2.84. The molecule has 1 N–H and O–H groups in total. The molecule has 0 fully saturated rings. The van der Waals surface area contributed by atoms with E-state index in [1.807, 2.05) is 18.2 Å². The summed E-state index contributed by atoms with van der Waals surface area (Å²) in [5.74, 6) is 0.227. The predicted octanol–water partition coefficient (Wildman–Crippen LogP) is 4.35. The van der Waals surface area contributed by atoms with E-state index in [0.29, 0.717) is 18.2 Å². The summed E-state index contributed by atoms with van der Waals surface area (Å²) in [4.78, 5) is 4.25. The lowest BCUT2D eigenvalue weighted by atomic mass is 10.0. The van der Waals surface area contributed by atoms with Crippen molar-refractivity contribution < 1.29 is 9.84 Å². The summed E-state index contributed by atoms with van der Waals surface area (Å²) in [6.45, 7) is 0.580. The van der Waals surface area contributed by atoms with Gasteiger partial charge in [-0.2, -0.15) is 0 Å². The van der Waals surface area contributed by atoms with Gasteiger partial charge in [-0.3, -0.25) is 4.98 Å². The third-order valence-electron chi connectivity index (χ3n) is 4.03. The highest BCUT2D eigenvalue weighted by molar-refractivity contribution is 5.86. The molecule has 1 unspecified atom stereocenters. The SMILES string of the molecule is Oc1ccc(COC2CCC=CCCC2)c2cccnc12. The number of fused-ring (bicyclic) bond motifs is 1. The minimum atomic E-state index is 0.227. The predicted molar refractivity (Wildman–Crippen MR) is 84.2 cm³/mol. The maximum atomic E-state index is 9.87. The molecule has 110 valence electrons. The first-order valence-electron chi connectivity index (χ1n) is 7.67. The van der Waals surface area contributed by atoms with E-state index >= 15 is 0 Å². The maximum Gasteiger partial charge on any atom is 0.141 e. The fourth-order valence-corrected chi connectivity index (χ4v) is 2.84. The number of aromatic hydroxyl groups is 1. The lowest BCUT2D eigenvalue weighted by molar-refractivity contribution is 0.0289. The summed E-state index contributed by atoms with van der Waals surface area (Å²) in [5, 5.41) is 10.8. The highest BCUT2D eigenvalue weighted by atomic mass is 16.5. The molecular weight excluding hydrogens is 262 g/mol. The number of rotatable bonds is 3. The molecule has 1 heterocycles. The van der Waals surface area contributed by atoms with Gasteiger partial charge in [0, 0.05) is 11.6 Å². The van der Waals surface area contributed by atoms with Crippen LogP contribution in [0.5, 0.6) is 5.75 Å². The molecule has 0 saturated carbocycles. The van der Waals surface area contributed by atoms with Gasteiger partial charge >= 0.3 is 0 Å². The van der Waals surface area contributed by atoms with Crippen LogP contribution in [-0.4, -0.2) is 16.2 Å². The Kier molecular flexibility index (Phi) is 4.51. The maximum absolute atomic E-state index is 9.87. The molecule has 0 saturated heterocycles. The van der Waals surface area contributed by atoms with Crippen molar-refractivity contribution in [3.05, 3.63) is 48.2 Å². The molecule has 3 heteroatoms. The molecule has 0 amide bonds. The normalized spacial score (nSPS) is 19.3. The Bertz CT molecular complexity index is 636. The molecule has 3 nitrogen and oxygen atoms in total. The Morgan fingerprint density at radius 3 is 3.00 bits per heavy atom. The molecule has 1 atom stereocenters. The minimum absolute atomic E-state index is 0.227. The molecule has 0 radical (unpaired) electrons. The van der Waals surface area contributed by atoms with Crippen LogP contribution >= 0.6 is 0 Å². The summed E-state index contributed by atoms with van der Waals surface area (Å²) < 4.78 is 6.11. The molecule has 3 rings (SSSR count). The zero-order chi connectivity index (χ0) is 14.5. The van der Waals surface area contributed by atoms with Crippen molar-refractivity contribution in [2.24, 2.45) is 0 Å². The van der Waals surface area contributed by atoms with E-state index in [4.69, 9.17) is 4.74 Å². The smallest absolute Gasteiger partial charge is 0.141 e. The lowest BCUT2D eigenvalue weighted by Gasteiger charge is -2.19. The second kappa shape index (κ2) is 6.72. The lowest BCUT2D eigenvalue weighted by Crippen LogP contribution is -2.13. The Labute approximate surface area is 125 Å². The first-order valence-corrected chi connectivity index (χ1v) is 7.67. The molecule has 0 bridgehead atoms. The van der Waals surface area contributed by atoms with E-state index in [1.54, 1.807) is 12.3 Å². The topological polar surface area (TPSA) is 42.4 Å². The van der Waals surface area contributed by atoms with Crippen LogP contribution in [0.4, 0.5) is 0 Å². The highest BCUT2D eigenvalue weighted by Crippen LogP contribution is 2.27. The Morgan fingerprint density at radius 2 is 2.05 bits per heavy atom. The van der Waals surface area contributed by atoms with Gasteiger partial charge in [-0.25, -0.2) is 0 Å². The van der Waals surface area contributed by atoms with E-state index in [2.05, 4.69) is 17.1 Å². The van der Waals surface area contributed by atoms with Gasteiger partial charge in [-0.15, -0.1) is 0 Å². The zero-order valence-corrected chi connectivity index (χ0v) is 12.2. The van der Waals surface area contributed by atoms with E-state index in [1.165, 1.54) is 6.42 Å². The number of hydrogen-bond donors (Lipinski definition) is 1. The summed E-state index contributed by atoms with van der Waals surface area (Å²) in [6.07, 6.45) is 12.2. The van der Waals surface area contributed by atoms with Gasteiger partial charge in [0.25, 0.3) is 0 Å². The van der Waals surface area contributed by atoms with E-state index in [-0.39, 0.29) is 5.75 Å². The molecule has 21 heavy (non-hydrogen) atoms. The van der Waals surface area contributed by atoms with Crippen LogP contribution in [0.15, 0.2) is 42.6 Å². The minimum Gasteiger partial charge on any atom is -0.506 e. The number of aromatic nitrogens is 1. The van der Waals surface area contributed by atoms with Crippen LogP contribution in [0.25, 0.3) is 10.9 Å². The second-order valence-corrected chi connectivity index (χ2v) is 5.56. The summed E-state index contributed by atoms with van der Waals surface area (Å²) in [5.41, 5.74) is 1.74. The average molecular weight is 283 g/mol. The average Bonchev–Trinajstić information content (AvgIpc) is 2.48. The van der Waals surface area contributed by atoms with Crippen molar-refractivity contribution in [2.45, 2.75) is 44.8 Å². The monoisotopic (exact) mass is 283 g/mol. The van der Waals surface area contributed by atoms with Gasteiger partial charge in [0.05, 0.1) is 12.7 Å². The quantitative estimate of drug-likeness (QED) is 0.852. The molecule has 1 aromatic heterocycles. The van der Waals surface area contributed by atoms with Gasteiger partial charge in [0.15, 0.2) is 0 Å². The van der Waals surface area contributed by atoms with Crippen LogP contribution < -0.4 is 0 Å². The molecule has 1 aliphatic rings. The van der Waals surface area contributed by atoms with Crippen LogP contribution in [0.2, 0.25) is 0 Å². The number of phenols is 1. The molecule has 0 spiro atoms. The van der Waals surface area contributed by atoms with Gasteiger partial charge in [0.2, 0.25) is 0 Å². The van der Waals surface area contributed by atoms with Crippen LogP contribution in [-0.2, 0) is 11.3 Å². The fraction of sp³-hybridized carbons (Fsp3) is 0.389. The van der Waals surface area contributed by atoms with E-state index < -0.39 is 0 Å². The van der Waals surface area contributed by atoms with Crippen molar-refractivity contribution >= 4 is 10.9 Å². The standard InChI is InChI=1S/C18H21NO2/c20-17-11-10-14(16-9-6-12-19-18(16)17)13-21-15-7-4-2-1-3-5-8-15/h1-2,6,9-12,15,20H,3-5,7-8,13H2. The highest BCUT2D eigenvalue weighted by Gasteiger charge is 2.12. The van der Waals surface area contributed by atoms with Crippen LogP contribution in [0, 0.1) is 0 Å². The number of phenolic OH excluding ortho intramolecular Hbond substituents is 1. The summed E-state index contributed by atoms with van der Waals surface area (Å²) in [7, 11) is 0. The zero-order valence-electron chi connectivity index (χ0n) is 12.2. The van der Waals surface area contributed by atoms with Crippen LogP contribution in [0.3, 0.4) is 0 Å². The third kappa shape index (κ3) is 3.42. The Balaban J connectivity index is 1.73. The molecule has 0 aliphatic heterocycles. The number of benzene rings is 1. The van der Waals surface area contributed by atoms with E-state index in [9.17, 15) is 5.11 Å². The molecule has 1 aliphatic carbocycles. The Hall–Kier alpha value is -1.87. The first-order chi connectivity index (χ1) is 10.3. The first kappa shape index (κ1) is 14.1. The molecular formula is C18H21NO2. The third-order valence-corrected chi connectivity index (χ3v) is 4.03. The van der Waals surface area contributed by atoms with Gasteiger partial charge in [-0.1, -0.05) is 24.3 Å². The van der Waals surface area contributed by atoms with Crippen molar-refractivity contribution in [3.63, 3.8) is 0 Å². The van der Waals surface area contributed by atoms with Crippen molar-refractivity contribution in [3.8, 4) is 5.75 Å². The summed E-state index contributed by atoms with van der Waals surface area (Å²) >= 11 is 0. The van der Waals surface area contributed by atoms with Crippen LogP contribution in [0.1, 0.15) is 37.7 Å². The van der Waals surface area contributed by atoms with Crippen molar-refractivity contribution in [1.29, 1.82) is 0 Å². The number of allylic oxidation sites excluding steroid dienone is 2. The van der Waals surface area contributed by atoms with Crippen molar-refractivity contribution in [1.82, 2.24) is 4.98 Å². The number of pyridine rings is 1. The number of nitrogens with zero attached hydrogens (tertiary/aromatic N) is 1. The Morgan fingerprint density at radius 1 is 1.14 bits per heavy atom. The number of hydrogen-bond acceptors (Lipinski definition) is 3. The second-order valence-electron chi connectivity index (χ2n) is 5.56. The van der Waals surface area contributed by atoms with Gasteiger partial charge in [-0.05, 0) is 49.8 Å². The largest absolute Gasteiger partial charge is 0.506 e.